The van der Waals surface area contributed by atoms with Crippen LogP contribution in [0, 0.1) is 10.1 Å². The van der Waals surface area contributed by atoms with Gasteiger partial charge in [-0.2, -0.15) is 4.31 Å². The smallest absolute Gasteiger partial charge is 0.299 e. The van der Waals surface area contributed by atoms with Gasteiger partial charge in [-0.25, -0.2) is 8.42 Å². The summed E-state index contributed by atoms with van der Waals surface area (Å²) < 4.78 is 26.7. The molecule has 2 heterocycles. The Bertz CT molecular complexity index is 970. The summed E-state index contributed by atoms with van der Waals surface area (Å²) in [6, 6.07) is 9.51. The Labute approximate surface area is 171 Å². The van der Waals surface area contributed by atoms with Crippen LogP contribution in [-0.2, 0) is 10.0 Å². The summed E-state index contributed by atoms with van der Waals surface area (Å²) in [5.41, 5.74) is -0.255. The number of nitrogens with zero attached hydrogens (tertiary/aromatic N) is 3. The average Bonchev–Trinajstić information content (AvgIpc) is 3.09. The summed E-state index contributed by atoms with van der Waals surface area (Å²) >= 11 is 6.70. The third-order valence-corrected chi connectivity index (χ3v) is 7.80. The molecule has 0 unspecified atom stereocenters. The summed E-state index contributed by atoms with van der Waals surface area (Å²) in [4.78, 5) is 25.1. The topological polar surface area (TPSA) is 101 Å². The van der Waals surface area contributed by atoms with Gasteiger partial charge in [0.1, 0.15) is 0 Å². The van der Waals surface area contributed by atoms with Gasteiger partial charge in [0, 0.05) is 45.2 Å². The van der Waals surface area contributed by atoms with Crippen molar-refractivity contribution in [1.82, 2.24) is 9.21 Å². The van der Waals surface area contributed by atoms with Crippen molar-refractivity contribution in [2.45, 2.75) is 11.3 Å². The zero-order chi connectivity index (χ0) is 20.3. The number of hydrogen-bond acceptors (Lipinski definition) is 7. The molecule has 0 N–H and O–H groups in total. The number of ketones is 1. The van der Waals surface area contributed by atoms with Gasteiger partial charge >= 0.3 is 0 Å². The number of benzene rings is 1. The van der Waals surface area contributed by atoms with Gasteiger partial charge in [-0.15, -0.1) is 11.3 Å². The molecule has 8 nitrogen and oxygen atoms in total. The van der Waals surface area contributed by atoms with E-state index < -0.39 is 14.9 Å². The molecule has 1 aliphatic rings. The SMILES string of the molecule is O=C(CCN1CCN(S(=O)(=O)c2ccccc2)CC1)c1cc([N+](=O)[O-])c(Cl)s1. The molecule has 0 saturated carbocycles. The molecule has 1 aromatic carbocycles. The van der Waals surface area contributed by atoms with E-state index in [0.29, 0.717) is 32.7 Å². The maximum Gasteiger partial charge on any atom is 0.299 e. The second-order valence-electron chi connectivity index (χ2n) is 6.26. The normalized spacial score (nSPS) is 16.2. The lowest BCUT2D eigenvalue weighted by molar-refractivity contribution is -0.384. The molecule has 0 atom stereocenters. The fourth-order valence-electron chi connectivity index (χ4n) is 2.94. The quantitative estimate of drug-likeness (QED) is 0.370. The van der Waals surface area contributed by atoms with Crippen molar-refractivity contribution in [1.29, 1.82) is 0 Å². The first-order chi connectivity index (χ1) is 13.3. The minimum atomic E-state index is -3.51. The van der Waals surface area contributed by atoms with E-state index in [2.05, 4.69) is 0 Å². The maximum absolute atomic E-state index is 12.6. The van der Waals surface area contributed by atoms with Crippen LogP contribution in [0.25, 0.3) is 0 Å². The lowest BCUT2D eigenvalue weighted by Crippen LogP contribution is -2.48. The van der Waals surface area contributed by atoms with Gasteiger partial charge in [-0.05, 0) is 12.1 Å². The Morgan fingerprint density at radius 3 is 2.39 bits per heavy atom. The second-order valence-corrected chi connectivity index (χ2v) is 9.85. The van der Waals surface area contributed by atoms with E-state index >= 15 is 0 Å². The van der Waals surface area contributed by atoms with Crippen LogP contribution in [0.3, 0.4) is 0 Å². The van der Waals surface area contributed by atoms with Crippen molar-refractivity contribution in [2.24, 2.45) is 0 Å². The van der Waals surface area contributed by atoms with Gasteiger partial charge in [0.25, 0.3) is 5.69 Å². The average molecular weight is 444 g/mol. The highest BCUT2D eigenvalue weighted by Gasteiger charge is 2.28. The van der Waals surface area contributed by atoms with E-state index in [9.17, 15) is 23.3 Å². The molecule has 150 valence electrons. The minimum Gasteiger partial charge on any atom is -0.300 e. The molecule has 0 aliphatic carbocycles. The monoisotopic (exact) mass is 443 g/mol. The third kappa shape index (κ3) is 4.58. The number of hydrogen-bond donors (Lipinski definition) is 0. The molecule has 0 bridgehead atoms. The van der Waals surface area contributed by atoms with Crippen LogP contribution in [0.4, 0.5) is 5.69 Å². The molecular formula is C17H18ClN3O5S2. The minimum absolute atomic E-state index is 0.00640. The zero-order valence-corrected chi connectivity index (χ0v) is 17.2. The van der Waals surface area contributed by atoms with Crippen LogP contribution in [0.2, 0.25) is 4.34 Å². The number of sulfonamides is 1. The van der Waals surface area contributed by atoms with E-state index in [1.54, 1.807) is 30.3 Å². The molecule has 1 aromatic heterocycles. The molecule has 1 fully saturated rings. The van der Waals surface area contributed by atoms with Gasteiger partial charge in [0.05, 0.1) is 14.7 Å². The largest absolute Gasteiger partial charge is 0.300 e. The highest BCUT2D eigenvalue weighted by atomic mass is 35.5. The van der Waals surface area contributed by atoms with Crippen LogP contribution < -0.4 is 0 Å². The fraction of sp³-hybridized carbons (Fsp3) is 0.353. The van der Waals surface area contributed by atoms with Crippen molar-refractivity contribution >= 4 is 44.4 Å². The van der Waals surface area contributed by atoms with Crippen molar-refractivity contribution < 1.29 is 18.1 Å². The first kappa shape index (κ1) is 20.9. The number of carbonyl (C=O) groups is 1. The van der Waals surface area contributed by atoms with Crippen LogP contribution >= 0.6 is 22.9 Å². The van der Waals surface area contributed by atoms with E-state index in [1.165, 1.54) is 10.4 Å². The van der Waals surface area contributed by atoms with Crippen LogP contribution in [0.5, 0.6) is 0 Å². The third-order valence-electron chi connectivity index (χ3n) is 4.51. The van der Waals surface area contributed by atoms with E-state index in [0.717, 1.165) is 11.3 Å². The van der Waals surface area contributed by atoms with Crippen LogP contribution in [0.1, 0.15) is 16.1 Å². The lowest BCUT2D eigenvalue weighted by atomic mass is 10.2. The molecule has 0 radical (unpaired) electrons. The number of rotatable bonds is 7. The number of thiophene rings is 1. The standard InChI is InChI=1S/C17H18ClN3O5S2/c18-17-14(21(23)24)12-16(27-17)15(22)6-7-19-8-10-20(11-9-19)28(25,26)13-4-2-1-3-5-13/h1-5,12H,6-11H2. The predicted octanol–water partition coefficient (Wildman–Crippen LogP) is 2.89. The molecule has 2 aromatic rings. The Hall–Kier alpha value is -1.85. The fourth-order valence-corrected chi connectivity index (χ4v) is 5.57. The summed E-state index contributed by atoms with van der Waals surface area (Å²) in [5, 5.41) is 10.8. The first-order valence-corrected chi connectivity index (χ1v) is 11.2. The molecule has 0 spiro atoms. The molecule has 1 aliphatic heterocycles. The van der Waals surface area contributed by atoms with E-state index in [1.807, 2.05) is 4.90 Å². The van der Waals surface area contributed by atoms with Crippen LogP contribution in [0.15, 0.2) is 41.3 Å². The van der Waals surface area contributed by atoms with Gasteiger partial charge in [-0.3, -0.25) is 14.9 Å². The van der Waals surface area contributed by atoms with Crippen molar-refractivity contribution in [3.8, 4) is 0 Å². The molecule has 3 rings (SSSR count). The van der Waals surface area contributed by atoms with Gasteiger partial charge in [0.15, 0.2) is 10.1 Å². The number of nitro groups is 1. The summed E-state index contributed by atoms with van der Waals surface area (Å²) in [6.45, 7) is 2.19. The molecule has 0 amide bonds. The van der Waals surface area contributed by atoms with E-state index in [-0.39, 0.29) is 32.0 Å². The highest BCUT2D eigenvalue weighted by molar-refractivity contribution is 7.89. The van der Waals surface area contributed by atoms with Crippen molar-refractivity contribution in [2.75, 3.05) is 32.7 Å². The summed E-state index contributed by atoms with van der Waals surface area (Å²) in [7, 11) is -3.51. The van der Waals surface area contributed by atoms with Crippen LogP contribution in [-0.4, -0.2) is 61.1 Å². The Morgan fingerprint density at radius 2 is 1.82 bits per heavy atom. The Balaban J connectivity index is 1.53. The summed E-state index contributed by atoms with van der Waals surface area (Å²) in [6.07, 6.45) is 0.194. The zero-order valence-electron chi connectivity index (χ0n) is 14.8. The Morgan fingerprint density at radius 1 is 1.18 bits per heavy atom. The first-order valence-electron chi connectivity index (χ1n) is 8.53. The second kappa shape index (κ2) is 8.66. The molecular weight excluding hydrogens is 426 g/mol. The highest BCUT2D eigenvalue weighted by Crippen LogP contribution is 2.34. The summed E-state index contributed by atoms with van der Waals surface area (Å²) in [5.74, 6) is -0.209. The molecule has 1 saturated heterocycles. The number of piperazine rings is 1. The predicted molar refractivity (Wildman–Crippen MR) is 107 cm³/mol. The van der Waals surface area contributed by atoms with Gasteiger partial charge in [-0.1, -0.05) is 29.8 Å². The van der Waals surface area contributed by atoms with Gasteiger partial charge < -0.3 is 4.90 Å². The van der Waals surface area contributed by atoms with Gasteiger partial charge in [0.2, 0.25) is 10.0 Å². The Kier molecular flexibility index (Phi) is 6.46. The number of halogens is 1. The maximum atomic E-state index is 12.6. The lowest BCUT2D eigenvalue weighted by Gasteiger charge is -2.33. The number of carbonyl (C=O) groups excluding carboxylic acids is 1. The number of Topliss-reactive ketones (excluding diaryl/α,β-unsaturated/α-hetero) is 1. The van der Waals surface area contributed by atoms with Crippen molar-refractivity contribution in [3.05, 3.63) is 55.7 Å². The molecule has 28 heavy (non-hydrogen) atoms. The van der Waals surface area contributed by atoms with Crippen molar-refractivity contribution in [3.63, 3.8) is 0 Å². The molecule has 11 heteroatoms. The van der Waals surface area contributed by atoms with E-state index in [4.69, 9.17) is 11.6 Å².